The van der Waals surface area contributed by atoms with Gasteiger partial charge in [0.1, 0.15) is 0 Å². The highest BCUT2D eigenvalue weighted by atomic mass is 16.7. The lowest BCUT2D eigenvalue weighted by Gasteiger charge is -2.28. The summed E-state index contributed by atoms with van der Waals surface area (Å²) in [6.07, 6.45) is -1.13. The molecule has 1 heterocycles. The minimum Gasteiger partial charge on any atom is -0.393 e. The minimum atomic E-state index is -0.881. The zero-order valence-electron chi connectivity index (χ0n) is 5.86. The van der Waals surface area contributed by atoms with Crippen LogP contribution in [-0.2, 0) is 9.47 Å². The van der Waals surface area contributed by atoms with Gasteiger partial charge in [-0.1, -0.05) is 0 Å². The van der Waals surface area contributed by atoms with Gasteiger partial charge in [0.05, 0.1) is 6.10 Å². The van der Waals surface area contributed by atoms with Gasteiger partial charge < -0.3 is 19.7 Å². The predicted molar refractivity (Wildman–Crippen MR) is 33.1 cm³/mol. The van der Waals surface area contributed by atoms with Gasteiger partial charge in [-0.05, 0) is 0 Å². The van der Waals surface area contributed by atoms with E-state index in [9.17, 15) is 0 Å². The predicted octanol–water partition coefficient (Wildman–Crippen LogP) is -0.551. The van der Waals surface area contributed by atoms with Crippen molar-refractivity contribution in [3.63, 3.8) is 0 Å². The number of aliphatic hydroxyl groups excluding tert-OH is 2. The van der Waals surface area contributed by atoms with E-state index in [1.54, 1.807) is 0 Å². The highest BCUT2D eigenvalue weighted by Gasteiger charge is 2.26. The molecule has 4 nitrogen and oxygen atoms in total. The molecule has 0 aromatic heterocycles. The summed E-state index contributed by atoms with van der Waals surface area (Å²) in [5, 5.41) is 18.0. The standard InChI is InChI=1S/C6H12O4/c1-9-6-3-4(7)2-5(8)10-6/h4-8H,2-3H2,1H3. The molecule has 0 bridgehead atoms. The van der Waals surface area contributed by atoms with Gasteiger partial charge in [-0.25, -0.2) is 0 Å². The molecule has 0 saturated carbocycles. The molecule has 1 fully saturated rings. The molecule has 0 amide bonds. The van der Waals surface area contributed by atoms with Crippen molar-refractivity contribution in [1.82, 2.24) is 0 Å². The quantitative estimate of drug-likeness (QED) is 0.523. The second kappa shape index (κ2) is 3.30. The SMILES string of the molecule is COC1CC(O)CC(O)O1. The van der Waals surface area contributed by atoms with Crippen LogP contribution in [0.25, 0.3) is 0 Å². The molecular weight excluding hydrogens is 136 g/mol. The molecule has 3 atom stereocenters. The Morgan fingerprint density at radius 2 is 2.10 bits per heavy atom. The molecule has 1 aliphatic rings. The number of hydrogen-bond donors (Lipinski definition) is 2. The molecular formula is C6H12O4. The van der Waals surface area contributed by atoms with Crippen molar-refractivity contribution < 1.29 is 19.7 Å². The lowest BCUT2D eigenvalue weighted by Crippen LogP contribution is -2.36. The first kappa shape index (κ1) is 7.94. The Hall–Kier alpha value is -0.160. The fourth-order valence-corrected chi connectivity index (χ4v) is 0.989. The van der Waals surface area contributed by atoms with E-state index < -0.39 is 18.7 Å². The average molecular weight is 148 g/mol. The van der Waals surface area contributed by atoms with Crippen molar-refractivity contribution in [1.29, 1.82) is 0 Å². The molecule has 10 heavy (non-hydrogen) atoms. The number of ether oxygens (including phenoxy) is 2. The van der Waals surface area contributed by atoms with Crippen molar-refractivity contribution >= 4 is 0 Å². The summed E-state index contributed by atoms with van der Waals surface area (Å²) in [5.41, 5.74) is 0. The van der Waals surface area contributed by atoms with Gasteiger partial charge >= 0.3 is 0 Å². The van der Waals surface area contributed by atoms with E-state index in [2.05, 4.69) is 0 Å². The zero-order valence-corrected chi connectivity index (χ0v) is 5.86. The Balaban J connectivity index is 2.35. The van der Waals surface area contributed by atoms with E-state index >= 15 is 0 Å². The minimum absolute atomic E-state index is 0.278. The van der Waals surface area contributed by atoms with Crippen LogP contribution in [-0.4, -0.2) is 36.0 Å². The highest BCUT2D eigenvalue weighted by molar-refractivity contribution is 4.65. The molecule has 4 heteroatoms. The van der Waals surface area contributed by atoms with Crippen LogP contribution < -0.4 is 0 Å². The molecule has 1 saturated heterocycles. The third-order valence-corrected chi connectivity index (χ3v) is 1.51. The zero-order chi connectivity index (χ0) is 7.56. The van der Waals surface area contributed by atoms with Gasteiger partial charge in [0.2, 0.25) is 0 Å². The molecule has 0 spiro atoms. The first-order valence-corrected chi connectivity index (χ1v) is 3.26. The maximum atomic E-state index is 9.06. The molecule has 0 radical (unpaired) electrons. The van der Waals surface area contributed by atoms with Crippen LogP contribution in [0.4, 0.5) is 0 Å². The topological polar surface area (TPSA) is 58.9 Å². The second-order valence-corrected chi connectivity index (χ2v) is 2.38. The van der Waals surface area contributed by atoms with E-state index in [1.807, 2.05) is 0 Å². The fourth-order valence-electron chi connectivity index (χ4n) is 0.989. The van der Waals surface area contributed by atoms with E-state index in [4.69, 9.17) is 19.7 Å². The third kappa shape index (κ3) is 1.91. The average Bonchev–Trinajstić information content (AvgIpc) is 1.85. The Morgan fingerprint density at radius 3 is 2.60 bits per heavy atom. The number of hydrogen-bond acceptors (Lipinski definition) is 4. The largest absolute Gasteiger partial charge is 0.393 e. The van der Waals surface area contributed by atoms with Crippen LogP contribution in [0.3, 0.4) is 0 Å². The fraction of sp³-hybridized carbons (Fsp3) is 1.00. The first-order valence-electron chi connectivity index (χ1n) is 3.26. The molecule has 0 aromatic carbocycles. The second-order valence-electron chi connectivity index (χ2n) is 2.38. The summed E-state index contributed by atoms with van der Waals surface area (Å²) in [4.78, 5) is 0. The van der Waals surface area contributed by atoms with E-state index in [0.29, 0.717) is 6.42 Å². The van der Waals surface area contributed by atoms with E-state index in [1.165, 1.54) is 7.11 Å². The lowest BCUT2D eigenvalue weighted by molar-refractivity contribution is -0.261. The molecule has 1 rings (SSSR count). The van der Waals surface area contributed by atoms with Crippen molar-refractivity contribution in [3.05, 3.63) is 0 Å². The van der Waals surface area contributed by atoms with E-state index in [0.717, 1.165) is 0 Å². The molecule has 60 valence electrons. The summed E-state index contributed by atoms with van der Waals surface area (Å²) >= 11 is 0. The normalized spacial score (nSPS) is 41.7. The van der Waals surface area contributed by atoms with Crippen LogP contribution >= 0.6 is 0 Å². The summed E-state index contributed by atoms with van der Waals surface area (Å²) in [7, 11) is 1.48. The Bertz CT molecular complexity index is 95.9. The third-order valence-electron chi connectivity index (χ3n) is 1.51. The van der Waals surface area contributed by atoms with Crippen LogP contribution in [0.1, 0.15) is 12.8 Å². The van der Waals surface area contributed by atoms with E-state index in [-0.39, 0.29) is 6.42 Å². The summed E-state index contributed by atoms with van der Waals surface area (Å²) in [6.45, 7) is 0. The maximum Gasteiger partial charge on any atom is 0.162 e. The van der Waals surface area contributed by atoms with Crippen LogP contribution in [0.2, 0.25) is 0 Å². The Morgan fingerprint density at radius 1 is 1.40 bits per heavy atom. The number of aliphatic hydroxyl groups is 2. The number of methoxy groups -OCH3 is 1. The smallest absolute Gasteiger partial charge is 0.162 e. The van der Waals surface area contributed by atoms with Crippen LogP contribution in [0, 0.1) is 0 Å². The van der Waals surface area contributed by atoms with Gasteiger partial charge in [0, 0.05) is 20.0 Å². The van der Waals surface area contributed by atoms with Crippen molar-refractivity contribution in [2.45, 2.75) is 31.5 Å². The first-order chi connectivity index (χ1) is 4.72. The van der Waals surface area contributed by atoms with Gasteiger partial charge in [-0.3, -0.25) is 0 Å². The van der Waals surface area contributed by atoms with Crippen LogP contribution in [0.15, 0.2) is 0 Å². The molecule has 0 aliphatic carbocycles. The van der Waals surface area contributed by atoms with Crippen molar-refractivity contribution in [2.24, 2.45) is 0 Å². The summed E-state index contributed by atoms with van der Waals surface area (Å²) < 4.78 is 9.67. The maximum absolute atomic E-state index is 9.06. The van der Waals surface area contributed by atoms with Gasteiger partial charge in [-0.2, -0.15) is 0 Å². The summed E-state index contributed by atoms with van der Waals surface area (Å²) in [5.74, 6) is 0. The van der Waals surface area contributed by atoms with Gasteiger partial charge in [0.15, 0.2) is 12.6 Å². The molecule has 1 aliphatic heterocycles. The Kier molecular flexibility index (Phi) is 2.62. The van der Waals surface area contributed by atoms with Gasteiger partial charge in [0.25, 0.3) is 0 Å². The van der Waals surface area contributed by atoms with Crippen LogP contribution in [0.5, 0.6) is 0 Å². The highest BCUT2D eigenvalue weighted by Crippen LogP contribution is 2.17. The van der Waals surface area contributed by atoms with Crippen molar-refractivity contribution in [3.8, 4) is 0 Å². The summed E-state index contributed by atoms with van der Waals surface area (Å²) in [6, 6.07) is 0. The number of rotatable bonds is 1. The lowest BCUT2D eigenvalue weighted by atomic mass is 10.1. The Labute approximate surface area is 59.4 Å². The monoisotopic (exact) mass is 148 g/mol. The van der Waals surface area contributed by atoms with Gasteiger partial charge in [-0.15, -0.1) is 0 Å². The molecule has 3 unspecified atom stereocenters. The molecule has 2 N–H and O–H groups in total. The van der Waals surface area contributed by atoms with Crippen molar-refractivity contribution in [2.75, 3.05) is 7.11 Å². The molecule has 0 aromatic rings.